The molecule has 0 unspecified atom stereocenters. The summed E-state index contributed by atoms with van der Waals surface area (Å²) in [6, 6.07) is 27.3. The number of anilines is 10. The van der Waals surface area contributed by atoms with E-state index in [1.807, 2.05) is 0 Å². The summed E-state index contributed by atoms with van der Waals surface area (Å²) in [5.41, 5.74) is 0.441. The fraction of sp³-hybridized carbons (Fsp3) is 0. The standard InChI is InChI=1S/C40H28N12O12S4/c1-5-51(6-2)39-47-35(41-27-15-19-31(20-16-27)65-64-63-53)45-37(49-39)43-29-13-11-25(33(23-29)67(57,58)59)9-10-26-12-14-30(24-34(26)68(60,61)62)44-38-46-36(48-40(50-38)52(7-3)8-4)42-28-17-21-32(22-18-28)66(54,55)56/h1-4,9-24,53H,(H,54,55,56)(H,57,58,59)(H,60,61,62)(H2,41,43,45,47,49)(H2,42,44,46,48,50). The highest BCUT2D eigenvalue weighted by atomic mass is 32.2. The molecule has 0 fully saturated rings. The molecule has 0 aliphatic carbocycles. The Morgan fingerprint density at radius 2 is 0.868 bits per heavy atom. The van der Waals surface area contributed by atoms with E-state index >= 15 is 0 Å². The van der Waals surface area contributed by atoms with Gasteiger partial charge in [-0.2, -0.15) is 65.0 Å². The summed E-state index contributed by atoms with van der Waals surface area (Å²) < 4.78 is 108. The number of terminal acetylenes is 4. The molecule has 0 saturated carbocycles. The molecule has 0 bridgehead atoms. The smallest absolute Gasteiger partial charge is 0.295 e. The predicted molar refractivity (Wildman–Crippen MR) is 248 cm³/mol. The molecule has 0 spiro atoms. The van der Waals surface area contributed by atoms with Gasteiger partial charge in [0.1, 0.15) is 9.79 Å². The molecule has 0 saturated heterocycles. The van der Waals surface area contributed by atoms with Crippen LogP contribution in [0.15, 0.2) is 105 Å². The van der Waals surface area contributed by atoms with E-state index in [0.29, 0.717) is 10.6 Å². The Labute approximate surface area is 391 Å². The number of hydrogen-bond acceptors (Lipinski definition) is 22. The number of benzene rings is 4. The second kappa shape index (κ2) is 20.9. The van der Waals surface area contributed by atoms with Gasteiger partial charge in [-0.3, -0.25) is 13.7 Å². The van der Waals surface area contributed by atoms with Gasteiger partial charge in [-0.1, -0.05) is 55.0 Å². The quantitative estimate of drug-likeness (QED) is 0.0102. The van der Waals surface area contributed by atoms with Gasteiger partial charge in [0, 0.05) is 51.8 Å². The zero-order valence-electron chi connectivity index (χ0n) is 33.8. The number of nitrogens with one attached hydrogen (secondary N) is 4. The maximum atomic E-state index is 12.7. The largest absolute Gasteiger partial charge is 0.324 e. The molecule has 2 aromatic heterocycles. The van der Waals surface area contributed by atoms with E-state index in [1.54, 1.807) is 24.3 Å². The van der Waals surface area contributed by atoms with Crippen LogP contribution in [0.2, 0.25) is 0 Å². The second-order valence-corrected chi connectivity index (χ2v) is 17.8. The van der Waals surface area contributed by atoms with Crippen molar-refractivity contribution >= 4 is 113 Å². The normalized spacial score (nSPS) is 11.4. The molecule has 28 heteroatoms. The lowest BCUT2D eigenvalue weighted by molar-refractivity contribution is -0.432. The number of aromatic nitrogens is 6. The Hall–Kier alpha value is -8.36. The Morgan fingerprint density at radius 3 is 1.21 bits per heavy atom. The Morgan fingerprint density at radius 1 is 0.515 bits per heavy atom. The molecule has 24 nitrogen and oxygen atoms in total. The average molecular weight is 997 g/mol. The molecular formula is C40H28N12O12S4. The topological polar surface area (TPSA) is 334 Å². The molecular weight excluding hydrogens is 969 g/mol. The van der Waals surface area contributed by atoms with Gasteiger partial charge in [-0.25, -0.2) is 5.26 Å². The van der Waals surface area contributed by atoms with Gasteiger partial charge in [0.2, 0.25) is 23.8 Å². The van der Waals surface area contributed by atoms with Gasteiger partial charge in [-0.05, 0) is 83.9 Å². The number of rotatable bonds is 18. The third-order valence-corrected chi connectivity index (χ3v) is 11.7. The van der Waals surface area contributed by atoms with Gasteiger partial charge < -0.3 is 21.3 Å². The molecule has 0 aliphatic rings. The maximum absolute atomic E-state index is 12.7. The van der Waals surface area contributed by atoms with Gasteiger partial charge in [0.25, 0.3) is 42.3 Å². The zero-order valence-corrected chi connectivity index (χ0v) is 37.1. The van der Waals surface area contributed by atoms with Crippen LogP contribution in [0.4, 0.5) is 58.4 Å². The van der Waals surface area contributed by atoms with Crippen molar-refractivity contribution in [3.63, 3.8) is 0 Å². The lowest BCUT2D eigenvalue weighted by atomic mass is 10.1. The lowest BCUT2D eigenvalue weighted by Crippen LogP contribution is -2.15. The van der Waals surface area contributed by atoms with Crippen molar-refractivity contribution in [2.24, 2.45) is 0 Å². The van der Waals surface area contributed by atoms with Gasteiger partial charge in [-0.15, -0.1) is 4.33 Å². The van der Waals surface area contributed by atoms with Crippen molar-refractivity contribution in [3.8, 4) is 49.9 Å². The van der Waals surface area contributed by atoms with E-state index in [0.717, 1.165) is 58.3 Å². The fourth-order valence-corrected chi connectivity index (χ4v) is 7.72. The van der Waals surface area contributed by atoms with Crippen molar-refractivity contribution in [1.82, 2.24) is 29.9 Å². The number of nitrogens with zero attached hydrogens (tertiary/aromatic N) is 8. The van der Waals surface area contributed by atoms with E-state index in [-0.39, 0.29) is 68.8 Å². The molecule has 0 amide bonds. The third-order valence-electron chi connectivity index (χ3n) is 8.38. The lowest BCUT2D eigenvalue weighted by Gasteiger charge is -2.14. The highest BCUT2D eigenvalue weighted by Crippen LogP contribution is 2.30. The van der Waals surface area contributed by atoms with Crippen molar-refractivity contribution in [3.05, 3.63) is 96.1 Å². The molecule has 8 N–H and O–H groups in total. The van der Waals surface area contributed by atoms with Crippen LogP contribution < -0.4 is 31.1 Å². The van der Waals surface area contributed by atoms with Gasteiger partial charge in [0.05, 0.1) is 16.9 Å². The van der Waals surface area contributed by atoms with Crippen LogP contribution in [0.1, 0.15) is 11.1 Å². The fourth-order valence-electron chi connectivity index (χ4n) is 5.46. The van der Waals surface area contributed by atoms with E-state index in [1.165, 1.54) is 36.4 Å². The van der Waals surface area contributed by atoms with Crippen LogP contribution in [0.25, 0.3) is 12.2 Å². The molecule has 6 aromatic rings. The van der Waals surface area contributed by atoms with Crippen LogP contribution >= 0.6 is 12.0 Å². The Balaban J connectivity index is 1.29. The summed E-state index contributed by atoms with van der Waals surface area (Å²) in [6.07, 6.45) is 24.4. The summed E-state index contributed by atoms with van der Waals surface area (Å²) in [6.45, 7) is 0. The first-order valence-electron chi connectivity index (χ1n) is 18.1. The minimum Gasteiger partial charge on any atom is -0.324 e. The van der Waals surface area contributed by atoms with E-state index in [2.05, 4.69) is 84.7 Å². The predicted octanol–water partition coefficient (Wildman–Crippen LogP) is 5.35. The molecule has 344 valence electrons. The monoisotopic (exact) mass is 996 g/mol. The third kappa shape index (κ3) is 12.7. The zero-order chi connectivity index (χ0) is 49.2. The molecule has 0 radical (unpaired) electrons. The van der Waals surface area contributed by atoms with Crippen molar-refractivity contribution < 1.29 is 53.5 Å². The highest BCUT2D eigenvalue weighted by molar-refractivity contribution is 7.94. The first kappa shape index (κ1) is 49.1. The molecule has 2 heterocycles. The van der Waals surface area contributed by atoms with Crippen LogP contribution in [-0.2, 0) is 39.7 Å². The first-order chi connectivity index (χ1) is 32.3. The Kier molecular flexibility index (Phi) is 15.1. The summed E-state index contributed by atoms with van der Waals surface area (Å²) in [5, 5.41) is 23.3. The maximum Gasteiger partial charge on any atom is 0.295 e. The minimum absolute atomic E-state index is 0.0123. The molecule has 4 aromatic carbocycles. The van der Waals surface area contributed by atoms with Gasteiger partial charge in [0.15, 0.2) is 0 Å². The van der Waals surface area contributed by atoms with Crippen molar-refractivity contribution in [2.75, 3.05) is 31.1 Å². The van der Waals surface area contributed by atoms with E-state index < -0.39 is 40.1 Å². The molecule has 0 aliphatic heterocycles. The summed E-state index contributed by atoms with van der Waals surface area (Å²) >= 11 is 0.727. The minimum atomic E-state index is -4.99. The first-order valence-corrected chi connectivity index (χ1v) is 23.2. The summed E-state index contributed by atoms with van der Waals surface area (Å²) in [7, 11) is -14.5. The van der Waals surface area contributed by atoms with Crippen LogP contribution in [-0.4, -0.2) is 74.1 Å². The number of hydrogen-bond donors (Lipinski definition) is 8. The van der Waals surface area contributed by atoms with Gasteiger partial charge >= 0.3 is 0 Å². The molecule has 6 rings (SSSR count). The van der Waals surface area contributed by atoms with Crippen LogP contribution in [0.5, 0.6) is 0 Å². The van der Waals surface area contributed by atoms with Crippen molar-refractivity contribution in [1.29, 1.82) is 0 Å². The van der Waals surface area contributed by atoms with Crippen molar-refractivity contribution in [2.45, 2.75) is 19.6 Å². The summed E-state index contributed by atoms with van der Waals surface area (Å²) in [5.74, 6) is -1.14. The second-order valence-electron chi connectivity index (χ2n) is 12.8. The van der Waals surface area contributed by atoms with Crippen LogP contribution in [0, 0.1) is 49.9 Å². The highest BCUT2D eigenvalue weighted by Gasteiger charge is 2.20. The SMILES string of the molecule is C#CN(C#C)c1nc(Nc2ccc(SOOO)cc2)nc(Nc2ccc(C=Cc3ccc(Nc4nc(Nc5ccc(S(=O)(=O)O)cc5)nc(N(C#C)C#C)n4)cc3S(=O)(=O)O)c(S(=O)(=O)O)c2)n1. The molecule has 0 atom stereocenters. The average Bonchev–Trinajstić information content (AvgIpc) is 3.28. The molecule has 68 heavy (non-hydrogen) atoms. The van der Waals surface area contributed by atoms with E-state index in [9.17, 15) is 38.9 Å². The van der Waals surface area contributed by atoms with E-state index in [4.69, 9.17) is 31.0 Å². The van der Waals surface area contributed by atoms with Crippen LogP contribution in [0.3, 0.4) is 0 Å². The Bertz CT molecular complexity index is 3420. The summed E-state index contributed by atoms with van der Waals surface area (Å²) in [4.78, 5) is 25.9.